The minimum absolute atomic E-state index is 0.412. The van der Waals surface area contributed by atoms with Crippen LogP contribution in [0.25, 0.3) is 0 Å². The Balaban J connectivity index is 1.69. The van der Waals surface area contributed by atoms with Crippen LogP contribution >= 0.6 is 0 Å². The maximum atomic E-state index is 13.0. The lowest BCUT2D eigenvalue weighted by Gasteiger charge is -2.34. The van der Waals surface area contributed by atoms with E-state index in [1.54, 1.807) is 0 Å². The first-order chi connectivity index (χ1) is 13.2. The fourth-order valence-electron chi connectivity index (χ4n) is 3.91. The summed E-state index contributed by atoms with van der Waals surface area (Å²) in [7, 11) is 0. The van der Waals surface area contributed by atoms with Crippen LogP contribution in [0.2, 0.25) is 0 Å². The molecule has 0 radical (unpaired) electrons. The molecule has 152 valence electrons. The Bertz CT molecular complexity index is 786. The summed E-state index contributed by atoms with van der Waals surface area (Å²) in [5.41, 5.74) is -2.40. The van der Waals surface area contributed by atoms with E-state index in [9.17, 15) is 27.6 Å². The molecule has 1 aromatic carbocycles. The first-order valence-electron chi connectivity index (χ1n) is 9.26. The average molecular weight is 397 g/mol. The summed E-state index contributed by atoms with van der Waals surface area (Å²) in [6.45, 7) is 1.45. The number of para-hydroxylation sites is 1. The van der Waals surface area contributed by atoms with Crippen molar-refractivity contribution in [2.45, 2.75) is 50.7 Å². The first kappa shape index (κ1) is 20.2. The van der Waals surface area contributed by atoms with E-state index in [4.69, 9.17) is 0 Å². The van der Waals surface area contributed by atoms with Crippen molar-refractivity contribution in [3.8, 4) is 0 Å². The van der Waals surface area contributed by atoms with Crippen LogP contribution in [0.4, 0.5) is 23.7 Å². The molecule has 28 heavy (non-hydrogen) atoms. The van der Waals surface area contributed by atoms with Crippen LogP contribution in [0, 0.1) is 5.92 Å². The second-order valence-corrected chi connectivity index (χ2v) is 7.35. The van der Waals surface area contributed by atoms with Gasteiger partial charge in [0.1, 0.15) is 12.1 Å². The van der Waals surface area contributed by atoms with E-state index in [-0.39, 0.29) is 0 Å². The number of alkyl halides is 3. The lowest BCUT2D eigenvalue weighted by Crippen LogP contribution is -2.49. The van der Waals surface area contributed by atoms with E-state index in [0.717, 1.165) is 36.3 Å². The van der Waals surface area contributed by atoms with Crippen molar-refractivity contribution in [3.05, 3.63) is 29.8 Å². The molecule has 3 rings (SSSR count). The van der Waals surface area contributed by atoms with Crippen LogP contribution in [0.1, 0.15) is 44.6 Å². The summed E-state index contributed by atoms with van der Waals surface area (Å²) in [5, 5.41) is 4.86. The highest BCUT2D eigenvalue weighted by atomic mass is 19.4. The van der Waals surface area contributed by atoms with Crippen LogP contribution < -0.4 is 10.6 Å². The van der Waals surface area contributed by atoms with Gasteiger partial charge in [0.25, 0.3) is 5.91 Å². The highest BCUT2D eigenvalue weighted by Crippen LogP contribution is 2.38. The van der Waals surface area contributed by atoms with Gasteiger partial charge in [-0.25, -0.2) is 4.79 Å². The van der Waals surface area contributed by atoms with E-state index >= 15 is 0 Å². The van der Waals surface area contributed by atoms with E-state index in [2.05, 4.69) is 17.6 Å². The number of hydrogen-bond donors (Lipinski definition) is 2. The van der Waals surface area contributed by atoms with E-state index in [1.165, 1.54) is 12.1 Å². The zero-order chi connectivity index (χ0) is 20.5. The van der Waals surface area contributed by atoms with Gasteiger partial charge in [0.15, 0.2) is 0 Å². The molecule has 0 unspecified atom stereocenters. The molecule has 0 bridgehead atoms. The van der Waals surface area contributed by atoms with E-state index in [1.807, 2.05) is 0 Å². The fraction of sp³-hybridized carbons (Fsp3) is 0.526. The number of nitrogens with one attached hydrogen (secondary N) is 2. The maximum absolute atomic E-state index is 13.0. The molecule has 0 aromatic heterocycles. The van der Waals surface area contributed by atoms with Crippen molar-refractivity contribution in [1.82, 2.24) is 10.2 Å². The zero-order valence-corrected chi connectivity index (χ0v) is 15.4. The number of rotatable bonds is 4. The first-order valence-corrected chi connectivity index (χ1v) is 9.26. The van der Waals surface area contributed by atoms with Crippen LogP contribution in [-0.4, -0.2) is 34.8 Å². The van der Waals surface area contributed by atoms with Gasteiger partial charge in [-0.05, 0) is 43.7 Å². The van der Waals surface area contributed by atoms with Gasteiger partial charge in [-0.2, -0.15) is 13.2 Å². The van der Waals surface area contributed by atoms with E-state index in [0.29, 0.717) is 18.8 Å². The van der Waals surface area contributed by atoms with Crippen LogP contribution in [0.3, 0.4) is 0 Å². The van der Waals surface area contributed by atoms with Crippen molar-refractivity contribution < 1.29 is 27.6 Å². The molecule has 2 fully saturated rings. The summed E-state index contributed by atoms with van der Waals surface area (Å²) in [4.78, 5) is 38.1. The van der Waals surface area contributed by atoms with Gasteiger partial charge >= 0.3 is 12.2 Å². The zero-order valence-electron chi connectivity index (χ0n) is 15.4. The topological polar surface area (TPSA) is 78.5 Å². The van der Waals surface area contributed by atoms with Gasteiger partial charge in [-0.3, -0.25) is 14.5 Å². The minimum atomic E-state index is -4.63. The van der Waals surface area contributed by atoms with E-state index < -0.39 is 47.4 Å². The Morgan fingerprint density at radius 2 is 1.89 bits per heavy atom. The smallest absolute Gasteiger partial charge is 0.324 e. The fourth-order valence-corrected chi connectivity index (χ4v) is 3.91. The SMILES string of the molecule is CCC1CCC2(CC1)NC(=O)N(CC(=O)Nc1ccccc1C(F)(F)F)C2=O. The van der Waals surface area contributed by atoms with Crippen molar-refractivity contribution in [3.63, 3.8) is 0 Å². The van der Waals surface area contributed by atoms with Gasteiger partial charge in [0, 0.05) is 0 Å². The maximum Gasteiger partial charge on any atom is 0.418 e. The Labute approximate surface area is 160 Å². The highest BCUT2D eigenvalue weighted by Gasteiger charge is 2.52. The van der Waals surface area contributed by atoms with Crippen molar-refractivity contribution >= 4 is 23.5 Å². The van der Waals surface area contributed by atoms with Gasteiger partial charge in [0.05, 0.1) is 11.3 Å². The number of urea groups is 1. The molecule has 9 heteroatoms. The molecule has 1 saturated heterocycles. The third-order valence-electron chi connectivity index (χ3n) is 5.59. The average Bonchev–Trinajstić information content (AvgIpc) is 2.86. The Morgan fingerprint density at radius 1 is 1.25 bits per heavy atom. The molecule has 1 heterocycles. The second-order valence-electron chi connectivity index (χ2n) is 7.35. The molecular formula is C19H22F3N3O3. The predicted molar refractivity (Wildman–Crippen MR) is 95.3 cm³/mol. The number of benzene rings is 1. The normalized spacial score (nSPS) is 25.1. The predicted octanol–water partition coefficient (Wildman–Crippen LogP) is 3.53. The highest BCUT2D eigenvalue weighted by molar-refractivity contribution is 6.10. The Morgan fingerprint density at radius 3 is 2.50 bits per heavy atom. The Hall–Kier alpha value is -2.58. The van der Waals surface area contributed by atoms with Crippen LogP contribution in [-0.2, 0) is 15.8 Å². The monoisotopic (exact) mass is 397 g/mol. The summed E-state index contributed by atoms with van der Waals surface area (Å²) in [6.07, 6.45) is -1.01. The summed E-state index contributed by atoms with van der Waals surface area (Å²) < 4.78 is 39.1. The largest absolute Gasteiger partial charge is 0.418 e. The number of nitrogens with zero attached hydrogens (tertiary/aromatic N) is 1. The van der Waals surface area contributed by atoms with Crippen LogP contribution in [0.5, 0.6) is 0 Å². The molecule has 4 amide bonds. The quantitative estimate of drug-likeness (QED) is 0.763. The molecule has 1 spiro atoms. The number of carbonyl (C=O) groups is 3. The molecule has 6 nitrogen and oxygen atoms in total. The lowest BCUT2D eigenvalue weighted by molar-refractivity contribution is -0.137. The van der Waals surface area contributed by atoms with Gasteiger partial charge in [0.2, 0.25) is 5.91 Å². The van der Waals surface area contributed by atoms with Gasteiger partial charge in [-0.15, -0.1) is 0 Å². The molecule has 1 saturated carbocycles. The summed E-state index contributed by atoms with van der Waals surface area (Å²) in [5.74, 6) is -0.836. The minimum Gasteiger partial charge on any atom is -0.324 e. The number of carbonyl (C=O) groups excluding carboxylic acids is 3. The lowest BCUT2D eigenvalue weighted by atomic mass is 9.75. The Kier molecular flexibility index (Phi) is 5.36. The molecule has 0 atom stereocenters. The molecule has 2 N–H and O–H groups in total. The van der Waals surface area contributed by atoms with Crippen molar-refractivity contribution in [2.75, 3.05) is 11.9 Å². The molecule has 1 aliphatic heterocycles. The summed E-state index contributed by atoms with van der Waals surface area (Å²) in [6, 6.07) is 3.87. The van der Waals surface area contributed by atoms with Crippen molar-refractivity contribution in [2.24, 2.45) is 5.92 Å². The van der Waals surface area contributed by atoms with Gasteiger partial charge < -0.3 is 10.6 Å². The number of imide groups is 1. The standard InChI is InChI=1S/C19H22F3N3O3/c1-2-12-7-9-18(10-8-12)16(27)25(17(28)24-18)11-15(26)23-14-6-4-3-5-13(14)19(20,21)22/h3-6,12H,2,7-11H2,1H3,(H,23,26)(H,24,28). The summed E-state index contributed by atoms with van der Waals surface area (Å²) >= 11 is 0. The molecule has 2 aliphatic rings. The van der Waals surface area contributed by atoms with Crippen molar-refractivity contribution in [1.29, 1.82) is 0 Å². The van der Waals surface area contributed by atoms with Crippen LogP contribution in [0.15, 0.2) is 24.3 Å². The molecular weight excluding hydrogens is 375 g/mol. The van der Waals surface area contributed by atoms with Gasteiger partial charge in [-0.1, -0.05) is 25.5 Å². The number of hydrogen-bond acceptors (Lipinski definition) is 3. The second kappa shape index (κ2) is 7.44. The molecule has 1 aromatic rings. The number of halogens is 3. The molecule has 1 aliphatic carbocycles. The number of anilines is 1. The third-order valence-corrected chi connectivity index (χ3v) is 5.59. The third kappa shape index (κ3) is 3.83. The number of amides is 4.